The summed E-state index contributed by atoms with van der Waals surface area (Å²) >= 11 is 0. The van der Waals surface area contributed by atoms with Crippen LogP contribution in [0.3, 0.4) is 0 Å². The molecule has 0 aliphatic heterocycles. The number of rotatable bonds is 4. The number of amidine groups is 1. The van der Waals surface area contributed by atoms with Gasteiger partial charge in [-0.1, -0.05) is 12.1 Å². The van der Waals surface area contributed by atoms with Crippen molar-refractivity contribution in [1.82, 2.24) is 5.43 Å². The fourth-order valence-corrected chi connectivity index (χ4v) is 1.28. The first-order valence-corrected chi connectivity index (χ1v) is 4.93. The monoisotopic (exact) mass is 207 g/mol. The summed E-state index contributed by atoms with van der Waals surface area (Å²) in [4.78, 5) is 4.23. The Morgan fingerprint density at radius 3 is 2.53 bits per heavy atom. The van der Waals surface area contributed by atoms with E-state index in [1.54, 1.807) is 7.11 Å². The van der Waals surface area contributed by atoms with Gasteiger partial charge in [-0.25, -0.2) is 5.84 Å². The van der Waals surface area contributed by atoms with Crippen LogP contribution in [0.4, 0.5) is 0 Å². The second-order valence-electron chi connectivity index (χ2n) is 3.09. The summed E-state index contributed by atoms with van der Waals surface area (Å²) in [6.07, 6.45) is 0.717. The van der Waals surface area contributed by atoms with Gasteiger partial charge in [-0.2, -0.15) is 0 Å². The molecular formula is C11H17N3O. The summed E-state index contributed by atoms with van der Waals surface area (Å²) in [6, 6.07) is 7.85. The van der Waals surface area contributed by atoms with Crippen LogP contribution in [0, 0.1) is 0 Å². The second-order valence-corrected chi connectivity index (χ2v) is 3.09. The van der Waals surface area contributed by atoms with Crippen LogP contribution in [0.1, 0.15) is 12.5 Å². The lowest BCUT2D eigenvalue weighted by Gasteiger charge is -2.06. The Labute approximate surface area is 90.1 Å². The van der Waals surface area contributed by atoms with E-state index < -0.39 is 0 Å². The van der Waals surface area contributed by atoms with Crippen molar-refractivity contribution in [3.8, 4) is 5.75 Å². The van der Waals surface area contributed by atoms with Gasteiger partial charge < -0.3 is 10.2 Å². The predicted octanol–water partition coefficient (Wildman–Crippen LogP) is 1.12. The summed E-state index contributed by atoms with van der Waals surface area (Å²) in [6.45, 7) is 2.71. The van der Waals surface area contributed by atoms with Gasteiger partial charge in [0.05, 0.1) is 7.11 Å². The number of benzene rings is 1. The smallest absolute Gasteiger partial charge is 0.118 e. The van der Waals surface area contributed by atoms with Crippen molar-refractivity contribution in [1.29, 1.82) is 0 Å². The van der Waals surface area contributed by atoms with Gasteiger partial charge in [-0.15, -0.1) is 0 Å². The SMILES string of the molecule is CCN=C(Cc1ccc(OC)cc1)NN. The van der Waals surface area contributed by atoms with Gasteiger partial charge in [0, 0.05) is 13.0 Å². The molecule has 0 amide bonds. The van der Waals surface area contributed by atoms with E-state index in [1.165, 1.54) is 0 Å². The average molecular weight is 207 g/mol. The highest BCUT2D eigenvalue weighted by atomic mass is 16.5. The van der Waals surface area contributed by atoms with Crippen molar-refractivity contribution < 1.29 is 4.74 Å². The lowest BCUT2D eigenvalue weighted by Crippen LogP contribution is -2.32. The van der Waals surface area contributed by atoms with E-state index in [0.717, 1.165) is 23.7 Å². The third-order valence-electron chi connectivity index (χ3n) is 2.05. The molecule has 0 saturated carbocycles. The number of hydrogen-bond acceptors (Lipinski definition) is 3. The van der Waals surface area contributed by atoms with Gasteiger partial charge in [0.15, 0.2) is 0 Å². The number of nitrogens with two attached hydrogens (primary N) is 1. The molecule has 0 atom stereocenters. The van der Waals surface area contributed by atoms with Crippen LogP contribution >= 0.6 is 0 Å². The number of nitrogens with one attached hydrogen (secondary N) is 1. The van der Waals surface area contributed by atoms with Gasteiger partial charge in [-0.05, 0) is 24.6 Å². The molecule has 4 heteroatoms. The first-order chi connectivity index (χ1) is 7.30. The zero-order valence-electron chi connectivity index (χ0n) is 9.16. The molecule has 0 aromatic heterocycles. The first kappa shape index (κ1) is 11.5. The molecule has 15 heavy (non-hydrogen) atoms. The Bertz CT molecular complexity index is 319. The molecule has 0 spiro atoms. The molecule has 0 radical (unpaired) electrons. The van der Waals surface area contributed by atoms with Gasteiger partial charge in [0.2, 0.25) is 0 Å². The van der Waals surface area contributed by atoms with Crippen LogP contribution in [0.2, 0.25) is 0 Å². The van der Waals surface area contributed by atoms with Gasteiger partial charge in [-0.3, -0.25) is 4.99 Å². The molecule has 0 bridgehead atoms. The van der Waals surface area contributed by atoms with Gasteiger partial charge in [0.25, 0.3) is 0 Å². The summed E-state index contributed by atoms with van der Waals surface area (Å²) < 4.78 is 5.08. The molecule has 0 heterocycles. The second kappa shape index (κ2) is 6.03. The van der Waals surface area contributed by atoms with E-state index in [2.05, 4.69) is 10.4 Å². The van der Waals surface area contributed by atoms with E-state index >= 15 is 0 Å². The fraction of sp³-hybridized carbons (Fsp3) is 0.364. The highest BCUT2D eigenvalue weighted by molar-refractivity contribution is 5.83. The molecule has 1 rings (SSSR count). The minimum Gasteiger partial charge on any atom is -0.497 e. The van der Waals surface area contributed by atoms with Crippen LogP contribution in [-0.4, -0.2) is 19.5 Å². The molecule has 1 aromatic carbocycles. The number of methoxy groups -OCH3 is 1. The molecular weight excluding hydrogens is 190 g/mol. The van der Waals surface area contributed by atoms with E-state index in [1.807, 2.05) is 31.2 Å². The quantitative estimate of drug-likeness (QED) is 0.336. The van der Waals surface area contributed by atoms with Crippen LogP contribution in [0.25, 0.3) is 0 Å². The van der Waals surface area contributed by atoms with Crippen molar-refractivity contribution in [3.63, 3.8) is 0 Å². The highest BCUT2D eigenvalue weighted by Crippen LogP contribution is 2.11. The van der Waals surface area contributed by atoms with E-state index in [0.29, 0.717) is 6.42 Å². The lowest BCUT2D eigenvalue weighted by molar-refractivity contribution is 0.414. The van der Waals surface area contributed by atoms with Crippen molar-refractivity contribution in [2.75, 3.05) is 13.7 Å². The van der Waals surface area contributed by atoms with E-state index in [-0.39, 0.29) is 0 Å². The zero-order valence-corrected chi connectivity index (χ0v) is 9.16. The number of hydrazine groups is 1. The molecule has 4 nitrogen and oxygen atoms in total. The molecule has 0 saturated heterocycles. The minimum absolute atomic E-state index is 0.717. The predicted molar refractivity (Wildman–Crippen MR) is 62.0 cm³/mol. The fourth-order valence-electron chi connectivity index (χ4n) is 1.28. The Morgan fingerprint density at radius 2 is 2.07 bits per heavy atom. The maximum atomic E-state index is 5.36. The minimum atomic E-state index is 0.717. The van der Waals surface area contributed by atoms with Gasteiger partial charge >= 0.3 is 0 Å². The van der Waals surface area contributed by atoms with Crippen LogP contribution in [-0.2, 0) is 6.42 Å². The highest BCUT2D eigenvalue weighted by Gasteiger charge is 1.99. The number of aliphatic imine (C=N–C) groups is 1. The molecule has 0 aliphatic carbocycles. The number of hydrogen-bond donors (Lipinski definition) is 2. The first-order valence-electron chi connectivity index (χ1n) is 4.93. The Hall–Kier alpha value is -1.55. The number of nitrogens with zero attached hydrogens (tertiary/aromatic N) is 1. The summed E-state index contributed by atoms with van der Waals surface area (Å²) in [5, 5.41) is 0. The summed E-state index contributed by atoms with van der Waals surface area (Å²) in [5.41, 5.74) is 3.75. The van der Waals surface area contributed by atoms with Crippen LogP contribution in [0.15, 0.2) is 29.3 Å². The molecule has 0 fully saturated rings. The number of ether oxygens (including phenoxy) is 1. The lowest BCUT2D eigenvalue weighted by atomic mass is 10.1. The largest absolute Gasteiger partial charge is 0.497 e. The molecule has 0 aliphatic rings. The van der Waals surface area contributed by atoms with Crippen molar-refractivity contribution in [3.05, 3.63) is 29.8 Å². The Balaban J connectivity index is 2.67. The molecule has 1 aromatic rings. The maximum absolute atomic E-state index is 5.36. The van der Waals surface area contributed by atoms with Gasteiger partial charge in [0.1, 0.15) is 11.6 Å². The van der Waals surface area contributed by atoms with Crippen molar-refractivity contribution >= 4 is 5.84 Å². The molecule has 3 N–H and O–H groups in total. The Morgan fingerprint density at radius 1 is 1.40 bits per heavy atom. The third kappa shape index (κ3) is 3.59. The van der Waals surface area contributed by atoms with E-state index in [9.17, 15) is 0 Å². The van der Waals surface area contributed by atoms with Crippen molar-refractivity contribution in [2.24, 2.45) is 10.8 Å². The summed E-state index contributed by atoms with van der Waals surface area (Å²) in [7, 11) is 1.65. The van der Waals surface area contributed by atoms with E-state index in [4.69, 9.17) is 10.6 Å². The summed E-state index contributed by atoms with van der Waals surface area (Å²) in [5.74, 6) is 7.01. The molecule has 82 valence electrons. The average Bonchev–Trinajstić information content (AvgIpc) is 2.29. The molecule has 0 unspecified atom stereocenters. The van der Waals surface area contributed by atoms with Crippen LogP contribution < -0.4 is 16.0 Å². The van der Waals surface area contributed by atoms with Crippen LogP contribution in [0.5, 0.6) is 5.75 Å². The zero-order chi connectivity index (χ0) is 11.1. The normalized spacial score (nSPS) is 11.3. The third-order valence-corrected chi connectivity index (χ3v) is 2.05. The van der Waals surface area contributed by atoms with Crippen molar-refractivity contribution in [2.45, 2.75) is 13.3 Å². The topological polar surface area (TPSA) is 59.6 Å². The Kier molecular flexibility index (Phi) is 4.63. The standard InChI is InChI=1S/C11H17N3O/c1-3-13-11(14-12)8-9-4-6-10(15-2)7-5-9/h4-7H,3,8,12H2,1-2H3,(H,13,14). The maximum Gasteiger partial charge on any atom is 0.118 e.